The molecule has 4 aromatic carbocycles. The number of carboxylic acids is 2. The molecule has 0 saturated carbocycles. The van der Waals surface area contributed by atoms with Gasteiger partial charge in [-0.05, 0) is 45.8 Å². The quantitative estimate of drug-likeness (QED) is 0.376. The van der Waals surface area contributed by atoms with E-state index in [1.54, 1.807) is 48.5 Å². The molecule has 152 valence electrons. The molecule has 31 heavy (non-hydrogen) atoms. The van der Waals surface area contributed by atoms with E-state index in [9.17, 15) is 29.4 Å². The van der Waals surface area contributed by atoms with Crippen LogP contribution < -0.4 is 0 Å². The minimum atomic E-state index is -1.36. The third-order valence-electron chi connectivity index (χ3n) is 4.86. The molecular formula is C24H14O7. The van der Waals surface area contributed by atoms with Crippen molar-refractivity contribution in [3.8, 4) is 0 Å². The fraction of sp³-hybridized carbons (Fsp3) is 0. The lowest BCUT2D eigenvalue weighted by atomic mass is 10.00. The van der Waals surface area contributed by atoms with Gasteiger partial charge in [0.25, 0.3) is 0 Å². The van der Waals surface area contributed by atoms with Gasteiger partial charge >= 0.3 is 23.9 Å². The third-order valence-corrected chi connectivity index (χ3v) is 4.86. The van der Waals surface area contributed by atoms with Crippen molar-refractivity contribution in [3.63, 3.8) is 0 Å². The Balaban J connectivity index is 1.75. The van der Waals surface area contributed by atoms with Crippen LogP contribution in [0.5, 0.6) is 0 Å². The van der Waals surface area contributed by atoms with Crippen LogP contribution in [0.4, 0.5) is 0 Å². The minimum absolute atomic E-state index is 0.308. The predicted octanol–water partition coefficient (Wildman–Crippen LogP) is 4.39. The first kappa shape index (κ1) is 19.8. The number of hydrogen-bond donors (Lipinski definition) is 2. The van der Waals surface area contributed by atoms with Crippen LogP contribution in [0.15, 0.2) is 72.8 Å². The Hall–Kier alpha value is -4.52. The molecule has 0 saturated heterocycles. The molecule has 0 heterocycles. The van der Waals surface area contributed by atoms with E-state index in [4.69, 9.17) is 4.74 Å². The van der Waals surface area contributed by atoms with Gasteiger partial charge < -0.3 is 14.9 Å². The van der Waals surface area contributed by atoms with Crippen LogP contribution in [0.3, 0.4) is 0 Å². The van der Waals surface area contributed by atoms with Gasteiger partial charge in [-0.1, -0.05) is 48.5 Å². The smallest absolute Gasteiger partial charge is 0.346 e. The highest BCUT2D eigenvalue weighted by Crippen LogP contribution is 2.24. The molecule has 0 unspecified atom stereocenters. The van der Waals surface area contributed by atoms with E-state index in [-0.39, 0.29) is 22.3 Å². The number of rotatable bonds is 4. The zero-order valence-electron chi connectivity index (χ0n) is 15.9. The van der Waals surface area contributed by atoms with Crippen LogP contribution in [0, 0.1) is 0 Å². The zero-order chi connectivity index (χ0) is 22.1. The van der Waals surface area contributed by atoms with E-state index < -0.39 is 23.9 Å². The topological polar surface area (TPSA) is 118 Å². The first-order chi connectivity index (χ1) is 14.8. The van der Waals surface area contributed by atoms with E-state index in [2.05, 4.69) is 0 Å². The van der Waals surface area contributed by atoms with E-state index in [1.165, 1.54) is 24.3 Å². The molecule has 0 fully saturated rings. The molecule has 7 heteroatoms. The van der Waals surface area contributed by atoms with Crippen molar-refractivity contribution in [1.29, 1.82) is 0 Å². The molecule has 0 aromatic heterocycles. The molecule has 0 atom stereocenters. The molecule has 0 aliphatic carbocycles. The summed E-state index contributed by atoms with van der Waals surface area (Å²) in [5.41, 5.74) is -1.27. The van der Waals surface area contributed by atoms with Crippen molar-refractivity contribution in [3.05, 3.63) is 95.1 Å². The summed E-state index contributed by atoms with van der Waals surface area (Å²) in [4.78, 5) is 48.7. The average molecular weight is 414 g/mol. The van der Waals surface area contributed by atoms with Crippen LogP contribution in [-0.4, -0.2) is 34.1 Å². The summed E-state index contributed by atoms with van der Waals surface area (Å²) in [7, 11) is 0. The Bertz CT molecular complexity index is 1290. The summed E-state index contributed by atoms with van der Waals surface area (Å²) in [6.45, 7) is 0. The van der Waals surface area contributed by atoms with E-state index in [0.717, 1.165) is 0 Å². The summed E-state index contributed by atoms with van der Waals surface area (Å²) in [6.07, 6.45) is 0. The van der Waals surface area contributed by atoms with Gasteiger partial charge in [0, 0.05) is 0 Å². The Labute approximate surface area is 175 Å². The first-order valence-corrected chi connectivity index (χ1v) is 9.14. The second kappa shape index (κ2) is 7.72. The third kappa shape index (κ3) is 3.72. The number of benzene rings is 4. The minimum Gasteiger partial charge on any atom is -0.478 e. The van der Waals surface area contributed by atoms with Gasteiger partial charge in [-0.3, -0.25) is 0 Å². The standard InChI is InChI=1S/C24H14O7/c25-21(26)17-9-13-5-1-3-7-15(13)11-19(17)23(29)31-24(30)20-12-16-8-4-2-6-14(16)10-18(20)22(27)28/h1-12H,(H,25,26)(H,27,28). The molecule has 7 nitrogen and oxygen atoms in total. The number of hydrogen-bond acceptors (Lipinski definition) is 5. The number of carbonyl (C=O) groups is 4. The summed E-state index contributed by atoms with van der Waals surface area (Å²) in [5, 5.41) is 21.4. The second-order valence-corrected chi connectivity index (χ2v) is 6.78. The number of carboxylic acid groups (broad SMARTS) is 2. The fourth-order valence-corrected chi connectivity index (χ4v) is 3.37. The number of ether oxygens (including phenoxy) is 1. The number of aromatic carboxylic acids is 2. The average Bonchev–Trinajstić information content (AvgIpc) is 2.77. The second-order valence-electron chi connectivity index (χ2n) is 6.78. The first-order valence-electron chi connectivity index (χ1n) is 9.14. The van der Waals surface area contributed by atoms with E-state index >= 15 is 0 Å². The largest absolute Gasteiger partial charge is 0.478 e. The van der Waals surface area contributed by atoms with Crippen molar-refractivity contribution >= 4 is 45.4 Å². The number of esters is 2. The lowest BCUT2D eigenvalue weighted by molar-refractivity contribution is 0.0387. The molecule has 4 rings (SSSR count). The van der Waals surface area contributed by atoms with Gasteiger partial charge in [0.2, 0.25) is 0 Å². The molecular weight excluding hydrogens is 400 g/mol. The fourth-order valence-electron chi connectivity index (χ4n) is 3.37. The van der Waals surface area contributed by atoms with Crippen molar-refractivity contribution in [2.45, 2.75) is 0 Å². The number of fused-ring (bicyclic) bond motifs is 2. The normalized spacial score (nSPS) is 10.7. The summed E-state index contributed by atoms with van der Waals surface area (Å²) in [5.74, 6) is -5.08. The molecule has 0 amide bonds. The SMILES string of the molecule is O=C(O)c1cc2ccccc2cc1C(=O)OC(=O)c1cc2ccccc2cc1C(=O)O. The molecule has 2 N–H and O–H groups in total. The van der Waals surface area contributed by atoms with Crippen LogP contribution in [0.1, 0.15) is 41.4 Å². The molecule has 0 aliphatic heterocycles. The van der Waals surface area contributed by atoms with Crippen molar-refractivity contribution < 1.29 is 34.1 Å². The van der Waals surface area contributed by atoms with Crippen LogP contribution in [0.25, 0.3) is 21.5 Å². The highest BCUT2D eigenvalue weighted by atomic mass is 16.6. The Kier molecular flexibility index (Phi) is 4.92. The van der Waals surface area contributed by atoms with Crippen molar-refractivity contribution in [2.75, 3.05) is 0 Å². The maximum atomic E-state index is 12.7. The van der Waals surface area contributed by atoms with Gasteiger partial charge in [-0.2, -0.15) is 0 Å². The van der Waals surface area contributed by atoms with Gasteiger partial charge in [0.1, 0.15) is 0 Å². The van der Waals surface area contributed by atoms with Crippen LogP contribution in [0.2, 0.25) is 0 Å². The van der Waals surface area contributed by atoms with E-state index in [0.29, 0.717) is 21.5 Å². The monoisotopic (exact) mass is 414 g/mol. The zero-order valence-corrected chi connectivity index (χ0v) is 15.9. The maximum absolute atomic E-state index is 12.7. The van der Waals surface area contributed by atoms with Crippen molar-refractivity contribution in [2.24, 2.45) is 0 Å². The molecule has 0 spiro atoms. The Morgan fingerprint density at radius 3 is 1.10 bits per heavy atom. The summed E-state index contributed by atoms with van der Waals surface area (Å²) < 4.78 is 4.90. The predicted molar refractivity (Wildman–Crippen MR) is 112 cm³/mol. The van der Waals surface area contributed by atoms with Crippen LogP contribution in [-0.2, 0) is 4.74 Å². The molecule has 0 bridgehead atoms. The summed E-state index contributed by atoms with van der Waals surface area (Å²) in [6, 6.07) is 18.9. The number of carbonyl (C=O) groups excluding carboxylic acids is 2. The van der Waals surface area contributed by atoms with Crippen molar-refractivity contribution in [1.82, 2.24) is 0 Å². The van der Waals surface area contributed by atoms with Gasteiger partial charge in [0.05, 0.1) is 22.3 Å². The van der Waals surface area contributed by atoms with Crippen LogP contribution >= 0.6 is 0 Å². The lowest BCUT2D eigenvalue weighted by Gasteiger charge is -2.10. The molecule has 0 radical (unpaired) electrons. The lowest BCUT2D eigenvalue weighted by Crippen LogP contribution is -2.18. The van der Waals surface area contributed by atoms with Gasteiger partial charge in [-0.15, -0.1) is 0 Å². The molecule has 4 aromatic rings. The Morgan fingerprint density at radius 1 is 0.516 bits per heavy atom. The van der Waals surface area contributed by atoms with Gasteiger partial charge in [-0.25, -0.2) is 19.2 Å². The van der Waals surface area contributed by atoms with E-state index in [1.807, 2.05) is 0 Å². The highest BCUT2D eigenvalue weighted by molar-refractivity contribution is 6.13. The maximum Gasteiger partial charge on any atom is 0.346 e. The highest BCUT2D eigenvalue weighted by Gasteiger charge is 2.25. The Morgan fingerprint density at radius 2 is 0.806 bits per heavy atom. The molecule has 0 aliphatic rings. The van der Waals surface area contributed by atoms with Gasteiger partial charge in [0.15, 0.2) is 0 Å². The summed E-state index contributed by atoms with van der Waals surface area (Å²) >= 11 is 0.